The summed E-state index contributed by atoms with van der Waals surface area (Å²) in [6.07, 6.45) is 0.733. The highest BCUT2D eigenvalue weighted by molar-refractivity contribution is 9.10. The van der Waals surface area contributed by atoms with Crippen molar-refractivity contribution in [3.8, 4) is 0 Å². The van der Waals surface area contributed by atoms with Crippen LogP contribution < -0.4 is 0 Å². The second-order valence-electron chi connectivity index (χ2n) is 4.75. The van der Waals surface area contributed by atoms with Gasteiger partial charge in [0.1, 0.15) is 5.52 Å². The molecule has 0 aliphatic carbocycles. The Balaban J connectivity index is 1.86. The van der Waals surface area contributed by atoms with Gasteiger partial charge < -0.3 is 4.42 Å². The number of rotatable bonds is 3. The van der Waals surface area contributed by atoms with Crippen LogP contribution in [-0.2, 0) is 6.42 Å². The van der Waals surface area contributed by atoms with Gasteiger partial charge in [0.05, 0.1) is 0 Å². The van der Waals surface area contributed by atoms with Gasteiger partial charge in [0.15, 0.2) is 11.5 Å². The molecule has 3 rings (SSSR count). The van der Waals surface area contributed by atoms with E-state index in [2.05, 4.69) is 62.0 Å². The fraction of sp³-hybridized carbons (Fsp3) is 0.188. The molecule has 0 amide bonds. The van der Waals surface area contributed by atoms with E-state index < -0.39 is 0 Å². The summed E-state index contributed by atoms with van der Waals surface area (Å²) in [5, 5.41) is 0. The minimum atomic E-state index is 0.198. The first-order chi connectivity index (χ1) is 9.63. The highest BCUT2D eigenvalue weighted by Crippen LogP contribution is 2.31. The average molecular weight is 395 g/mol. The lowest BCUT2D eigenvalue weighted by Gasteiger charge is -2.11. The van der Waals surface area contributed by atoms with Crippen molar-refractivity contribution >= 4 is 43.0 Å². The molecule has 2 nitrogen and oxygen atoms in total. The van der Waals surface area contributed by atoms with Crippen LogP contribution in [0.5, 0.6) is 0 Å². The van der Waals surface area contributed by atoms with Crippen LogP contribution in [0.15, 0.2) is 51.4 Å². The number of para-hydroxylation sites is 2. The molecule has 0 bridgehead atoms. The minimum Gasteiger partial charge on any atom is -0.441 e. The van der Waals surface area contributed by atoms with Crippen LogP contribution in [0.1, 0.15) is 21.8 Å². The van der Waals surface area contributed by atoms with E-state index >= 15 is 0 Å². The molecule has 0 aliphatic rings. The Labute approximate surface area is 134 Å². The fourth-order valence-electron chi connectivity index (χ4n) is 2.26. The summed E-state index contributed by atoms with van der Waals surface area (Å²) in [6, 6.07) is 14.1. The van der Waals surface area contributed by atoms with Crippen molar-refractivity contribution in [3.63, 3.8) is 0 Å². The summed E-state index contributed by atoms with van der Waals surface area (Å²) in [5.74, 6) is 0.760. The molecule has 102 valence electrons. The van der Waals surface area contributed by atoms with Gasteiger partial charge in [-0.05, 0) is 42.3 Å². The van der Waals surface area contributed by atoms with Gasteiger partial charge in [-0.1, -0.05) is 50.1 Å². The first kappa shape index (κ1) is 13.8. The van der Waals surface area contributed by atoms with Gasteiger partial charge >= 0.3 is 0 Å². The minimum absolute atomic E-state index is 0.198. The lowest BCUT2D eigenvalue weighted by Crippen LogP contribution is -1.98. The molecule has 0 saturated heterocycles. The number of oxazole rings is 1. The van der Waals surface area contributed by atoms with E-state index in [4.69, 9.17) is 4.42 Å². The van der Waals surface area contributed by atoms with Crippen molar-refractivity contribution in [2.45, 2.75) is 18.2 Å². The Morgan fingerprint density at radius 1 is 1.20 bits per heavy atom. The third-order valence-electron chi connectivity index (χ3n) is 3.26. The fourth-order valence-corrected chi connectivity index (χ4v) is 3.53. The molecule has 1 aromatic heterocycles. The third kappa shape index (κ3) is 2.81. The quantitative estimate of drug-likeness (QED) is 0.542. The monoisotopic (exact) mass is 393 g/mol. The zero-order valence-corrected chi connectivity index (χ0v) is 14.1. The molecule has 0 fully saturated rings. The molecule has 0 radical (unpaired) electrons. The molecule has 4 heteroatoms. The number of nitrogens with zero attached hydrogens (tertiary/aromatic N) is 1. The Hall–Kier alpha value is -1.13. The van der Waals surface area contributed by atoms with Gasteiger partial charge in [-0.15, -0.1) is 0 Å². The first-order valence-corrected chi connectivity index (χ1v) is 8.09. The van der Waals surface area contributed by atoms with E-state index in [1.54, 1.807) is 0 Å². The van der Waals surface area contributed by atoms with Crippen LogP contribution in [0.2, 0.25) is 0 Å². The smallest absolute Gasteiger partial charge is 0.196 e. The summed E-state index contributed by atoms with van der Waals surface area (Å²) < 4.78 is 6.87. The molecule has 0 spiro atoms. The normalized spacial score (nSPS) is 12.8. The number of benzene rings is 2. The van der Waals surface area contributed by atoms with Crippen molar-refractivity contribution in [2.24, 2.45) is 0 Å². The van der Waals surface area contributed by atoms with Gasteiger partial charge in [-0.3, -0.25) is 0 Å². The molecular formula is C16H13Br2NO. The topological polar surface area (TPSA) is 26.0 Å². The average Bonchev–Trinajstić information content (AvgIpc) is 2.80. The molecule has 0 aliphatic heterocycles. The van der Waals surface area contributed by atoms with Crippen LogP contribution in [0.4, 0.5) is 0 Å². The van der Waals surface area contributed by atoms with E-state index in [9.17, 15) is 0 Å². The second-order valence-corrected chi connectivity index (χ2v) is 6.77. The summed E-state index contributed by atoms with van der Waals surface area (Å²) in [5.41, 5.74) is 4.26. The van der Waals surface area contributed by atoms with Crippen molar-refractivity contribution in [3.05, 3.63) is 64.0 Å². The number of alkyl halides is 1. The van der Waals surface area contributed by atoms with Crippen molar-refractivity contribution in [1.29, 1.82) is 0 Å². The van der Waals surface area contributed by atoms with Gasteiger partial charge in [0, 0.05) is 15.7 Å². The second kappa shape index (κ2) is 5.70. The summed E-state index contributed by atoms with van der Waals surface area (Å²) in [7, 11) is 0. The third-order valence-corrected chi connectivity index (χ3v) is 4.57. The predicted octanol–water partition coefficient (Wildman–Crippen LogP) is 5.58. The number of hydrogen-bond donors (Lipinski definition) is 0. The Bertz CT molecular complexity index is 718. The maximum absolute atomic E-state index is 5.77. The van der Waals surface area contributed by atoms with E-state index in [1.165, 1.54) is 11.1 Å². The number of aryl methyl sites for hydroxylation is 1. The highest BCUT2D eigenvalue weighted by atomic mass is 79.9. The molecule has 2 aromatic carbocycles. The van der Waals surface area contributed by atoms with Gasteiger partial charge in [0.25, 0.3) is 0 Å². The largest absolute Gasteiger partial charge is 0.441 e. The van der Waals surface area contributed by atoms with Gasteiger partial charge in [-0.25, -0.2) is 4.98 Å². The highest BCUT2D eigenvalue weighted by Gasteiger charge is 2.15. The SMILES string of the molecule is Cc1cc(Br)ccc1C(Br)Cc1nc2ccccc2o1. The Morgan fingerprint density at radius 3 is 2.75 bits per heavy atom. The van der Waals surface area contributed by atoms with E-state index in [1.807, 2.05) is 24.3 Å². The maximum atomic E-state index is 5.77. The maximum Gasteiger partial charge on any atom is 0.196 e. The molecule has 20 heavy (non-hydrogen) atoms. The zero-order chi connectivity index (χ0) is 14.1. The number of aromatic nitrogens is 1. The lowest BCUT2D eigenvalue weighted by molar-refractivity contribution is 0.527. The van der Waals surface area contributed by atoms with Crippen molar-refractivity contribution in [1.82, 2.24) is 4.98 Å². The predicted molar refractivity (Wildman–Crippen MR) is 88.3 cm³/mol. The molecular weight excluding hydrogens is 382 g/mol. The first-order valence-electron chi connectivity index (χ1n) is 6.38. The van der Waals surface area contributed by atoms with Crippen LogP contribution in [-0.4, -0.2) is 4.98 Å². The van der Waals surface area contributed by atoms with Crippen LogP contribution >= 0.6 is 31.9 Å². The number of hydrogen-bond acceptors (Lipinski definition) is 2. The van der Waals surface area contributed by atoms with Crippen LogP contribution in [0, 0.1) is 6.92 Å². The van der Waals surface area contributed by atoms with Crippen molar-refractivity contribution in [2.75, 3.05) is 0 Å². The van der Waals surface area contributed by atoms with Crippen LogP contribution in [0.25, 0.3) is 11.1 Å². The Morgan fingerprint density at radius 2 is 2.00 bits per heavy atom. The standard InChI is InChI=1S/C16H13Br2NO/c1-10-8-11(17)6-7-12(10)13(18)9-16-19-14-4-2-3-5-15(14)20-16/h2-8,13H,9H2,1H3. The molecule has 1 unspecified atom stereocenters. The molecule has 0 N–H and O–H groups in total. The van der Waals surface area contributed by atoms with Crippen LogP contribution in [0.3, 0.4) is 0 Å². The summed E-state index contributed by atoms with van der Waals surface area (Å²) >= 11 is 7.23. The van der Waals surface area contributed by atoms with E-state index in [0.29, 0.717) is 0 Å². The van der Waals surface area contributed by atoms with E-state index in [-0.39, 0.29) is 4.83 Å². The summed E-state index contributed by atoms with van der Waals surface area (Å²) in [6.45, 7) is 2.11. The number of halogens is 2. The lowest BCUT2D eigenvalue weighted by atomic mass is 10.0. The molecule has 1 heterocycles. The number of fused-ring (bicyclic) bond motifs is 1. The summed E-state index contributed by atoms with van der Waals surface area (Å²) in [4.78, 5) is 4.72. The van der Waals surface area contributed by atoms with Gasteiger partial charge in [0.2, 0.25) is 0 Å². The zero-order valence-electron chi connectivity index (χ0n) is 10.9. The van der Waals surface area contributed by atoms with E-state index in [0.717, 1.165) is 27.9 Å². The van der Waals surface area contributed by atoms with Gasteiger partial charge in [-0.2, -0.15) is 0 Å². The Kier molecular flexibility index (Phi) is 3.94. The molecule has 3 aromatic rings. The molecule has 0 saturated carbocycles. The van der Waals surface area contributed by atoms with Crippen molar-refractivity contribution < 1.29 is 4.42 Å². The molecule has 1 atom stereocenters.